The van der Waals surface area contributed by atoms with E-state index in [4.69, 9.17) is 14.7 Å². The molecule has 0 saturated carbocycles. The Morgan fingerprint density at radius 3 is 2.59 bits per heavy atom. The lowest BCUT2D eigenvalue weighted by atomic mass is 10.2. The first kappa shape index (κ1) is 15.4. The highest BCUT2D eigenvalue weighted by molar-refractivity contribution is 5.94. The van der Waals surface area contributed by atoms with Crippen molar-refractivity contribution in [2.45, 2.75) is 13.0 Å². The molecule has 1 amide bonds. The number of para-hydroxylation sites is 2. The Kier molecular flexibility index (Phi) is 4.99. The molecule has 0 aliphatic carbocycles. The van der Waals surface area contributed by atoms with Crippen molar-refractivity contribution in [3.8, 4) is 17.6 Å². The Hall–Kier alpha value is -3.00. The van der Waals surface area contributed by atoms with E-state index >= 15 is 0 Å². The molecule has 0 spiro atoms. The molecule has 2 rings (SSSR count). The van der Waals surface area contributed by atoms with Crippen LogP contribution < -0.4 is 14.8 Å². The first-order valence-corrected chi connectivity index (χ1v) is 6.74. The highest BCUT2D eigenvalue weighted by atomic mass is 16.5. The van der Waals surface area contributed by atoms with Crippen molar-refractivity contribution in [1.82, 2.24) is 0 Å². The minimum absolute atomic E-state index is 0.305. The van der Waals surface area contributed by atoms with Gasteiger partial charge in [-0.25, -0.2) is 0 Å². The number of carbonyl (C=O) groups is 1. The second-order valence-corrected chi connectivity index (χ2v) is 4.59. The van der Waals surface area contributed by atoms with Crippen molar-refractivity contribution in [3.05, 3.63) is 54.1 Å². The number of hydrogen-bond acceptors (Lipinski definition) is 4. The number of amides is 1. The third-order valence-corrected chi connectivity index (χ3v) is 3.00. The third-order valence-electron chi connectivity index (χ3n) is 3.00. The molecule has 1 atom stereocenters. The summed E-state index contributed by atoms with van der Waals surface area (Å²) in [5.41, 5.74) is 1.04. The maximum absolute atomic E-state index is 12.2. The van der Waals surface area contributed by atoms with Crippen LogP contribution in [-0.2, 0) is 4.79 Å². The summed E-state index contributed by atoms with van der Waals surface area (Å²) < 4.78 is 10.8. The van der Waals surface area contributed by atoms with Crippen LogP contribution in [0.3, 0.4) is 0 Å². The van der Waals surface area contributed by atoms with Crippen LogP contribution in [0.1, 0.15) is 12.5 Å². The number of ether oxygens (including phenoxy) is 2. The summed E-state index contributed by atoms with van der Waals surface area (Å²) >= 11 is 0. The first-order valence-electron chi connectivity index (χ1n) is 6.74. The summed E-state index contributed by atoms with van der Waals surface area (Å²) in [6, 6.07) is 15.8. The molecule has 0 heterocycles. The molecule has 0 fully saturated rings. The molecule has 5 heteroatoms. The van der Waals surface area contributed by atoms with E-state index in [1.807, 2.05) is 12.1 Å². The van der Waals surface area contributed by atoms with Gasteiger partial charge < -0.3 is 14.8 Å². The van der Waals surface area contributed by atoms with Gasteiger partial charge >= 0.3 is 0 Å². The fraction of sp³-hybridized carbons (Fsp3) is 0.176. The standard InChI is InChI=1S/C17H16N2O3/c1-12(22-16-9-4-3-8-15(16)21-2)17(20)19-14-7-5-6-13(10-14)11-18/h3-10,12H,1-2H3,(H,19,20)/t12-/m0/s1. The quantitative estimate of drug-likeness (QED) is 0.920. The zero-order valence-corrected chi connectivity index (χ0v) is 12.4. The second kappa shape index (κ2) is 7.14. The molecule has 2 aromatic rings. The number of rotatable bonds is 5. The van der Waals surface area contributed by atoms with Crippen molar-refractivity contribution in [2.75, 3.05) is 12.4 Å². The SMILES string of the molecule is COc1ccccc1O[C@@H](C)C(=O)Nc1cccc(C#N)c1. The monoisotopic (exact) mass is 296 g/mol. The molecule has 112 valence electrons. The fourth-order valence-corrected chi connectivity index (χ4v) is 1.87. The van der Waals surface area contributed by atoms with Crippen LogP contribution >= 0.6 is 0 Å². The van der Waals surface area contributed by atoms with Gasteiger partial charge in [-0.15, -0.1) is 0 Å². The Morgan fingerprint density at radius 1 is 1.18 bits per heavy atom. The summed E-state index contributed by atoms with van der Waals surface area (Å²) in [5.74, 6) is 0.757. The van der Waals surface area contributed by atoms with Crippen LogP contribution in [0.5, 0.6) is 11.5 Å². The van der Waals surface area contributed by atoms with E-state index in [9.17, 15) is 4.79 Å². The van der Waals surface area contributed by atoms with Crippen LogP contribution in [0.15, 0.2) is 48.5 Å². The lowest BCUT2D eigenvalue weighted by molar-refractivity contribution is -0.122. The summed E-state index contributed by atoms with van der Waals surface area (Å²) in [7, 11) is 1.54. The Bertz CT molecular complexity index is 707. The molecular formula is C17H16N2O3. The molecule has 0 aliphatic rings. The highest BCUT2D eigenvalue weighted by Crippen LogP contribution is 2.27. The van der Waals surface area contributed by atoms with Crippen LogP contribution in [0, 0.1) is 11.3 Å². The van der Waals surface area contributed by atoms with Gasteiger partial charge in [0.05, 0.1) is 18.7 Å². The average molecular weight is 296 g/mol. The van der Waals surface area contributed by atoms with E-state index in [1.54, 1.807) is 56.5 Å². The van der Waals surface area contributed by atoms with Crippen LogP contribution in [0.4, 0.5) is 5.69 Å². The van der Waals surface area contributed by atoms with Crippen LogP contribution in [0.2, 0.25) is 0 Å². The average Bonchev–Trinajstić information content (AvgIpc) is 2.55. The van der Waals surface area contributed by atoms with Crippen molar-refractivity contribution in [1.29, 1.82) is 5.26 Å². The van der Waals surface area contributed by atoms with E-state index in [0.717, 1.165) is 0 Å². The van der Waals surface area contributed by atoms with Gasteiger partial charge in [-0.3, -0.25) is 4.79 Å². The van der Waals surface area contributed by atoms with E-state index in [2.05, 4.69) is 5.32 Å². The minimum atomic E-state index is -0.706. The number of benzene rings is 2. The molecule has 0 aliphatic heterocycles. The maximum Gasteiger partial charge on any atom is 0.265 e. The molecule has 0 bridgehead atoms. The number of nitrogens with zero attached hydrogens (tertiary/aromatic N) is 1. The molecule has 22 heavy (non-hydrogen) atoms. The van der Waals surface area contributed by atoms with Gasteiger partial charge in [0.2, 0.25) is 0 Å². The Labute approximate surface area is 129 Å². The smallest absolute Gasteiger partial charge is 0.265 e. The van der Waals surface area contributed by atoms with E-state index in [0.29, 0.717) is 22.7 Å². The second-order valence-electron chi connectivity index (χ2n) is 4.59. The Morgan fingerprint density at radius 2 is 1.91 bits per heavy atom. The molecule has 0 unspecified atom stereocenters. The molecule has 2 aromatic carbocycles. The van der Waals surface area contributed by atoms with Crippen molar-refractivity contribution >= 4 is 11.6 Å². The lowest BCUT2D eigenvalue weighted by Crippen LogP contribution is -2.30. The van der Waals surface area contributed by atoms with Gasteiger partial charge in [-0.2, -0.15) is 5.26 Å². The molecule has 5 nitrogen and oxygen atoms in total. The van der Waals surface area contributed by atoms with E-state index in [-0.39, 0.29) is 5.91 Å². The Balaban J connectivity index is 2.04. The molecular weight excluding hydrogens is 280 g/mol. The van der Waals surface area contributed by atoms with Crippen molar-refractivity contribution < 1.29 is 14.3 Å². The zero-order chi connectivity index (χ0) is 15.9. The topological polar surface area (TPSA) is 71.3 Å². The predicted molar refractivity (Wildman–Crippen MR) is 82.9 cm³/mol. The normalized spacial score (nSPS) is 11.1. The maximum atomic E-state index is 12.2. The summed E-state index contributed by atoms with van der Waals surface area (Å²) in [5, 5.41) is 11.6. The van der Waals surface area contributed by atoms with Gasteiger partial charge in [-0.05, 0) is 37.3 Å². The number of anilines is 1. The number of carbonyl (C=O) groups excluding carboxylic acids is 1. The molecule has 1 N–H and O–H groups in total. The van der Waals surface area contributed by atoms with Gasteiger partial charge in [0.25, 0.3) is 5.91 Å². The highest BCUT2D eigenvalue weighted by Gasteiger charge is 2.16. The number of hydrogen-bond donors (Lipinski definition) is 1. The van der Waals surface area contributed by atoms with Crippen molar-refractivity contribution in [2.24, 2.45) is 0 Å². The third kappa shape index (κ3) is 3.76. The van der Waals surface area contributed by atoms with Crippen LogP contribution in [-0.4, -0.2) is 19.1 Å². The molecule has 0 radical (unpaired) electrons. The fourth-order valence-electron chi connectivity index (χ4n) is 1.87. The number of nitrogens with one attached hydrogen (secondary N) is 1. The predicted octanol–water partition coefficient (Wildman–Crippen LogP) is 2.97. The summed E-state index contributed by atoms with van der Waals surface area (Å²) in [6.07, 6.45) is -0.706. The largest absolute Gasteiger partial charge is 0.493 e. The van der Waals surface area contributed by atoms with Crippen LogP contribution in [0.25, 0.3) is 0 Å². The minimum Gasteiger partial charge on any atom is -0.493 e. The number of methoxy groups -OCH3 is 1. The van der Waals surface area contributed by atoms with Crippen molar-refractivity contribution in [3.63, 3.8) is 0 Å². The van der Waals surface area contributed by atoms with Gasteiger partial charge in [0.15, 0.2) is 17.6 Å². The summed E-state index contributed by atoms with van der Waals surface area (Å²) in [6.45, 7) is 1.65. The molecule has 0 aromatic heterocycles. The van der Waals surface area contributed by atoms with E-state index in [1.165, 1.54) is 0 Å². The first-order chi connectivity index (χ1) is 10.6. The molecule has 0 saturated heterocycles. The van der Waals surface area contributed by atoms with E-state index < -0.39 is 6.10 Å². The number of nitriles is 1. The van der Waals surface area contributed by atoms with Gasteiger partial charge in [-0.1, -0.05) is 18.2 Å². The lowest BCUT2D eigenvalue weighted by Gasteiger charge is -2.16. The summed E-state index contributed by atoms with van der Waals surface area (Å²) in [4.78, 5) is 12.2. The van der Waals surface area contributed by atoms with Gasteiger partial charge in [0, 0.05) is 5.69 Å². The van der Waals surface area contributed by atoms with Gasteiger partial charge in [0.1, 0.15) is 0 Å². The zero-order valence-electron chi connectivity index (χ0n) is 12.4.